The lowest BCUT2D eigenvalue weighted by Crippen LogP contribution is -2.49. The SMILES string of the molecule is CCCC1CC2(CCO1)C[C@H](N)c1cc(C)ccc1O2. The standard InChI is InChI=1S/C17H25NO2/c1-3-4-13-10-17(7-8-19-13)11-15(18)14-9-12(2)5-6-16(14)20-17/h5-6,9,13,15H,3-4,7-8,10-11,18H2,1-2H3/t13?,15-,17?/m0/s1. The predicted octanol–water partition coefficient (Wildman–Crippen LogP) is 3.50. The second-order valence-corrected chi connectivity index (χ2v) is 6.37. The minimum atomic E-state index is -0.111. The molecule has 3 heteroatoms. The molecule has 2 N–H and O–H groups in total. The van der Waals surface area contributed by atoms with Crippen molar-refractivity contribution in [1.82, 2.24) is 0 Å². The zero-order valence-electron chi connectivity index (χ0n) is 12.5. The Morgan fingerprint density at radius 2 is 2.20 bits per heavy atom. The Hall–Kier alpha value is -1.06. The van der Waals surface area contributed by atoms with E-state index in [2.05, 4.69) is 32.0 Å². The molecule has 20 heavy (non-hydrogen) atoms. The van der Waals surface area contributed by atoms with Crippen LogP contribution in [0.3, 0.4) is 0 Å². The molecule has 2 heterocycles. The van der Waals surface area contributed by atoms with Crippen molar-refractivity contribution < 1.29 is 9.47 Å². The Bertz CT molecular complexity index is 486. The number of hydrogen-bond donors (Lipinski definition) is 1. The van der Waals surface area contributed by atoms with E-state index >= 15 is 0 Å². The average Bonchev–Trinajstić information content (AvgIpc) is 2.40. The summed E-state index contributed by atoms with van der Waals surface area (Å²) in [5, 5.41) is 0. The molecule has 2 aliphatic heterocycles. The summed E-state index contributed by atoms with van der Waals surface area (Å²) in [7, 11) is 0. The van der Waals surface area contributed by atoms with Crippen molar-refractivity contribution in [2.45, 2.75) is 63.7 Å². The van der Waals surface area contributed by atoms with Crippen molar-refractivity contribution in [3.63, 3.8) is 0 Å². The fourth-order valence-electron chi connectivity index (χ4n) is 3.61. The number of fused-ring (bicyclic) bond motifs is 1. The van der Waals surface area contributed by atoms with Gasteiger partial charge in [-0.3, -0.25) is 0 Å². The van der Waals surface area contributed by atoms with Crippen LogP contribution in [0.25, 0.3) is 0 Å². The Labute approximate surface area is 121 Å². The van der Waals surface area contributed by atoms with E-state index in [1.54, 1.807) is 0 Å². The van der Waals surface area contributed by atoms with Gasteiger partial charge in [0.15, 0.2) is 0 Å². The van der Waals surface area contributed by atoms with Gasteiger partial charge >= 0.3 is 0 Å². The van der Waals surface area contributed by atoms with Crippen LogP contribution in [0.5, 0.6) is 5.75 Å². The van der Waals surface area contributed by atoms with Gasteiger partial charge in [0.05, 0.1) is 12.7 Å². The monoisotopic (exact) mass is 275 g/mol. The van der Waals surface area contributed by atoms with Crippen LogP contribution < -0.4 is 10.5 Å². The largest absolute Gasteiger partial charge is 0.487 e. The van der Waals surface area contributed by atoms with Crippen LogP contribution in [0.1, 0.15) is 56.2 Å². The zero-order chi connectivity index (χ0) is 14.2. The van der Waals surface area contributed by atoms with Gasteiger partial charge < -0.3 is 15.2 Å². The predicted molar refractivity (Wildman–Crippen MR) is 80.0 cm³/mol. The van der Waals surface area contributed by atoms with Crippen LogP contribution in [-0.2, 0) is 4.74 Å². The van der Waals surface area contributed by atoms with Crippen LogP contribution in [0.2, 0.25) is 0 Å². The molecule has 0 amide bonds. The summed E-state index contributed by atoms with van der Waals surface area (Å²) in [6.45, 7) is 5.10. The first-order chi connectivity index (χ1) is 9.62. The third-order valence-corrected chi connectivity index (χ3v) is 4.60. The molecule has 0 saturated carbocycles. The van der Waals surface area contributed by atoms with E-state index in [-0.39, 0.29) is 11.6 Å². The van der Waals surface area contributed by atoms with Gasteiger partial charge in [-0.2, -0.15) is 0 Å². The average molecular weight is 275 g/mol. The summed E-state index contributed by atoms with van der Waals surface area (Å²) in [5.74, 6) is 0.978. The second kappa shape index (κ2) is 5.38. The number of ether oxygens (including phenoxy) is 2. The number of rotatable bonds is 2. The third kappa shape index (κ3) is 2.57. The molecule has 3 rings (SSSR count). The highest BCUT2D eigenvalue weighted by Crippen LogP contribution is 2.44. The van der Waals surface area contributed by atoms with E-state index in [0.717, 1.165) is 50.0 Å². The van der Waals surface area contributed by atoms with Crippen LogP contribution in [-0.4, -0.2) is 18.3 Å². The number of hydrogen-bond acceptors (Lipinski definition) is 3. The number of aryl methyl sites for hydroxylation is 1. The maximum atomic E-state index is 6.42. The first-order valence-electron chi connectivity index (χ1n) is 7.79. The molecule has 0 aromatic heterocycles. The van der Waals surface area contributed by atoms with Crippen LogP contribution >= 0.6 is 0 Å². The van der Waals surface area contributed by atoms with Crippen molar-refractivity contribution in [2.24, 2.45) is 5.73 Å². The topological polar surface area (TPSA) is 44.5 Å². The van der Waals surface area contributed by atoms with Gasteiger partial charge in [-0.25, -0.2) is 0 Å². The molecule has 3 nitrogen and oxygen atoms in total. The van der Waals surface area contributed by atoms with Crippen molar-refractivity contribution >= 4 is 0 Å². The van der Waals surface area contributed by atoms with E-state index in [1.165, 1.54) is 5.56 Å². The van der Waals surface area contributed by atoms with E-state index in [1.807, 2.05) is 0 Å². The Kier molecular flexibility index (Phi) is 3.74. The summed E-state index contributed by atoms with van der Waals surface area (Å²) in [5.41, 5.74) is 8.71. The quantitative estimate of drug-likeness (QED) is 0.898. The molecule has 1 spiro atoms. The lowest BCUT2D eigenvalue weighted by atomic mass is 9.79. The maximum absolute atomic E-state index is 6.42. The molecule has 0 radical (unpaired) electrons. The Morgan fingerprint density at radius 3 is 3.00 bits per heavy atom. The number of benzene rings is 1. The fraction of sp³-hybridized carbons (Fsp3) is 0.647. The van der Waals surface area contributed by atoms with Crippen molar-refractivity contribution in [3.05, 3.63) is 29.3 Å². The lowest BCUT2D eigenvalue weighted by molar-refractivity contribution is -0.103. The molecule has 0 aliphatic carbocycles. The Balaban J connectivity index is 1.84. The van der Waals surface area contributed by atoms with E-state index in [0.29, 0.717) is 6.10 Å². The summed E-state index contributed by atoms with van der Waals surface area (Å²) in [6, 6.07) is 6.43. The number of nitrogens with two attached hydrogens (primary N) is 1. The normalized spacial score (nSPS) is 32.8. The molecular formula is C17H25NO2. The molecule has 1 fully saturated rings. The summed E-state index contributed by atoms with van der Waals surface area (Å²) in [6.07, 6.45) is 5.43. The maximum Gasteiger partial charge on any atom is 0.124 e. The summed E-state index contributed by atoms with van der Waals surface area (Å²) < 4.78 is 12.3. The van der Waals surface area contributed by atoms with Gasteiger partial charge in [0.25, 0.3) is 0 Å². The highest BCUT2D eigenvalue weighted by atomic mass is 16.5. The Morgan fingerprint density at radius 1 is 1.35 bits per heavy atom. The molecule has 1 saturated heterocycles. The van der Waals surface area contributed by atoms with Gasteiger partial charge in [0.1, 0.15) is 11.4 Å². The highest BCUT2D eigenvalue weighted by Gasteiger charge is 2.43. The summed E-state index contributed by atoms with van der Waals surface area (Å²) >= 11 is 0. The molecule has 2 aliphatic rings. The van der Waals surface area contributed by atoms with E-state index < -0.39 is 0 Å². The third-order valence-electron chi connectivity index (χ3n) is 4.60. The van der Waals surface area contributed by atoms with Crippen LogP contribution in [0.4, 0.5) is 0 Å². The highest BCUT2D eigenvalue weighted by molar-refractivity contribution is 5.41. The van der Waals surface area contributed by atoms with E-state index in [4.69, 9.17) is 15.2 Å². The van der Waals surface area contributed by atoms with Crippen LogP contribution in [0.15, 0.2) is 18.2 Å². The molecular weight excluding hydrogens is 250 g/mol. The molecule has 0 bridgehead atoms. The van der Waals surface area contributed by atoms with Crippen LogP contribution in [0, 0.1) is 6.92 Å². The summed E-state index contributed by atoms with van der Waals surface area (Å²) in [4.78, 5) is 0. The minimum absolute atomic E-state index is 0.0824. The molecule has 1 aromatic carbocycles. The van der Waals surface area contributed by atoms with Crippen molar-refractivity contribution in [3.8, 4) is 5.75 Å². The smallest absolute Gasteiger partial charge is 0.124 e. The molecule has 2 unspecified atom stereocenters. The first-order valence-corrected chi connectivity index (χ1v) is 7.79. The van der Waals surface area contributed by atoms with Gasteiger partial charge in [0.2, 0.25) is 0 Å². The van der Waals surface area contributed by atoms with Gasteiger partial charge in [-0.05, 0) is 19.4 Å². The molecule has 3 atom stereocenters. The van der Waals surface area contributed by atoms with Gasteiger partial charge in [-0.1, -0.05) is 31.0 Å². The van der Waals surface area contributed by atoms with Crippen molar-refractivity contribution in [1.29, 1.82) is 0 Å². The molecule has 1 aromatic rings. The second-order valence-electron chi connectivity index (χ2n) is 6.37. The molecule has 110 valence electrons. The zero-order valence-corrected chi connectivity index (χ0v) is 12.5. The first kappa shape index (κ1) is 13.9. The fourth-order valence-corrected chi connectivity index (χ4v) is 3.61. The minimum Gasteiger partial charge on any atom is -0.487 e. The van der Waals surface area contributed by atoms with Gasteiger partial charge in [0, 0.05) is 30.9 Å². The van der Waals surface area contributed by atoms with E-state index in [9.17, 15) is 0 Å². The van der Waals surface area contributed by atoms with Gasteiger partial charge in [-0.15, -0.1) is 0 Å². The van der Waals surface area contributed by atoms with Crippen molar-refractivity contribution in [2.75, 3.05) is 6.61 Å². The lowest BCUT2D eigenvalue weighted by Gasteiger charge is -2.46.